The Kier molecular flexibility index (Phi) is 10.8. The number of hydrogen-bond acceptors (Lipinski definition) is 4. The molecule has 0 saturated heterocycles. The Morgan fingerprint density at radius 2 is 1.70 bits per heavy atom. The number of amides is 2. The number of nitrogens with zero attached hydrogens (tertiary/aromatic N) is 2. The first-order chi connectivity index (χ1) is 18.7. The Balaban J connectivity index is 1.98. The van der Waals surface area contributed by atoms with Gasteiger partial charge in [0, 0.05) is 17.6 Å². The molecule has 40 heavy (non-hydrogen) atoms. The van der Waals surface area contributed by atoms with E-state index in [0.29, 0.717) is 21.0 Å². The molecule has 0 aromatic heterocycles. The molecule has 1 unspecified atom stereocenters. The minimum Gasteiger partial charge on any atom is -0.352 e. The van der Waals surface area contributed by atoms with Gasteiger partial charge in [-0.15, -0.1) is 0 Å². The van der Waals surface area contributed by atoms with Crippen LogP contribution in [0.1, 0.15) is 56.6 Å². The number of halogens is 5. The van der Waals surface area contributed by atoms with E-state index in [2.05, 4.69) is 5.32 Å². The van der Waals surface area contributed by atoms with Gasteiger partial charge >= 0.3 is 6.18 Å². The highest BCUT2D eigenvalue weighted by Crippen LogP contribution is 2.37. The number of nitrogens with one attached hydrogen (secondary N) is 1. The van der Waals surface area contributed by atoms with Crippen LogP contribution in [0, 0.1) is 0 Å². The van der Waals surface area contributed by atoms with Gasteiger partial charge in [-0.2, -0.15) is 13.2 Å². The summed E-state index contributed by atoms with van der Waals surface area (Å²) in [5.41, 5.74) is -1.10. The fourth-order valence-corrected chi connectivity index (χ4v) is 6.03. The summed E-state index contributed by atoms with van der Waals surface area (Å²) in [5.74, 6) is -1.16. The molecule has 2 amide bonds. The second-order valence-corrected chi connectivity index (χ2v) is 12.5. The third kappa shape index (κ3) is 8.27. The van der Waals surface area contributed by atoms with Gasteiger partial charge in [-0.05, 0) is 49.1 Å². The fraction of sp³-hybridized carbons (Fsp3) is 0.481. The fourth-order valence-electron chi connectivity index (χ4n) is 4.77. The molecule has 3 rings (SSSR count). The Hall–Kier alpha value is -2.50. The maximum absolute atomic E-state index is 13.8. The van der Waals surface area contributed by atoms with Crippen molar-refractivity contribution in [3.8, 4) is 0 Å². The Morgan fingerprint density at radius 1 is 1.05 bits per heavy atom. The van der Waals surface area contributed by atoms with Crippen LogP contribution in [0.15, 0.2) is 42.5 Å². The molecule has 0 aliphatic heterocycles. The van der Waals surface area contributed by atoms with E-state index in [-0.39, 0.29) is 30.6 Å². The van der Waals surface area contributed by atoms with E-state index in [0.717, 1.165) is 50.5 Å². The molecular formula is C27H32Cl2F3N3O4S. The van der Waals surface area contributed by atoms with Crippen LogP contribution < -0.4 is 9.62 Å². The number of sulfonamides is 1. The lowest BCUT2D eigenvalue weighted by Gasteiger charge is -2.34. The minimum absolute atomic E-state index is 0.0325. The lowest BCUT2D eigenvalue weighted by Crippen LogP contribution is -2.54. The minimum atomic E-state index is -4.85. The average molecular weight is 623 g/mol. The van der Waals surface area contributed by atoms with Gasteiger partial charge in [-0.1, -0.05) is 67.6 Å². The summed E-state index contributed by atoms with van der Waals surface area (Å²) in [6, 6.07) is 8.32. The molecule has 1 saturated carbocycles. The zero-order valence-corrected chi connectivity index (χ0v) is 24.5. The number of rotatable bonds is 10. The van der Waals surface area contributed by atoms with Crippen LogP contribution in [-0.2, 0) is 32.3 Å². The van der Waals surface area contributed by atoms with E-state index < -0.39 is 45.3 Å². The predicted molar refractivity (Wildman–Crippen MR) is 150 cm³/mol. The van der Waals surface area contributed by atoms with Crippen molar-refractivity contribution in [3.63, 3.8) is 0 Å². The molecule has 7 nitrogen and oxygen atoms in total. The summed E-state index contributed by atoms with van der Waals surface area (Å²) in [4.78, 5) is 28.4. The topological polar surface area (TPSA) is 86.8 Å². The van der Waals surface area contributed by atoms with Gasteiger partial charge in [0.25, 0.3) is 0 Å². The lowest BCUT2D eigenvalue weighted by molar-refractivity contribution is -0.140. The van der Waals surface area contributed by atoms with Gasteiger partial charge < -0.3 is 10.2 Å². The van der Waals surface area contributed by atoms with Crippen molar-refractivity contribution in [2.24, 2.45) is 0 Å². The standard InChI is InChI=1S/C27H32Cl2F3N3O4S/c1-3-24(26(37)33-19-10-5-4-6-11-19)34(16-18-9-7-8-12-22(18)28)25(36)17-35(40(2,38)39)20-13-14-23(29)21(15-20)27(30,31)32/h7-9,12-15,19,24H,3-6,10-11,16-17H2,1-2H3,(H,33,37). The summed E-state index contributed by atoms with van der Waals surface area (Å²) in [6.45, 7) is 0.775. The first kappa shape index (κ1) is 32.0. The van der Waals surface area contributed by atoms with Crippen LogP contribution >= 0.6 is 23.2 Å². The third-order valence-electron chi connectivity index (χ3n) is 6.86. The van der Waals surface area contributed by atoms with Crippen molar-refractivity contribution in [2.45, 2.75) is 70.3 Å². The van der Waals surface area contributed by atoms with Crippen molar-refractivity contribution in [3.05, 3.63) is 63.6 Å². The number of benzene rings is 2. The molecule has 220 valence electrons. The average Bonchev–Trinajstić information content (AvgIpc) is 2.88. The highest BCUT2D eigenvalue weighted by molar-refractivity contribution is 7.92. The summed E-state index contributed by atoms with van der Waals surface area (Å²) >= 11 is 12.1. The third-order valence-corrected chi connectivity index (χ3v) is 8.70. The van der Waals surface area contributed by atoms with Gasteiger partial charge in [0.05, 0.1) is 22.5 Å². The molecule has 1 N–H and O–H groups in total. The molecule has 2 aromatic rings. The van der Waals surface area contributed by atoms with Crippen LogP contribution in [0.5, 0.6) is 0 Å². The van der Waals surface area contributed by atoms with E-state index >= 15 is 0 Å². The molecule has 1 atom stereocenters. The first-order valence-corrected chi connectivity index (χ1v) is 15.5. The van der Waals surface area contributed by atoms with Crippen LogP contribution in [-0.4, -0.2) is 50.0 Å². The Morgan fingerprint density at radius 3 is 2.27 bits per heavy atom. The van der Waals surface area contributed by atoms with Crippen molar-refractivity contribution in [1.82, 2.24) is 10.2 Å². The monoisotopic (exact) mass is 621 g/mol. The van der Waals surface area contributed by atoms with E-state index in [1.54, 1.807) is 31.2 Å². The maximum atomic E-state index is 13.8. The second-order valence-electron chi connectivity index (χ2n) is 9.81. The van der Waals surface area contributed by atoms with E-state index in [1.165, 1.54) is 4.90 Å². The molecule has 2 aromatic carbocycles. The SMILES string of the molecule is CCC(C(=O)NC1CCCCC1)N(Cc1ccccc1Cl)C(=O)CN(c1ccc(Cl)c(C(F)(F)F)c1)S(C)(=O)=O. The van der Waals surface area contributed by atoms with E-state index in [9.17, 15) is 31.2 Å². The zero-order valence-electron chi connectivity index (χ0n) is 22.2. The summed E-state index contributed by atoms with van der Waals surface area (Å²) in [5, 5.41) is 2.75. The molecule has 1 aliphatic rings. The maximum Gasteiger partial charge on any atom is 0.417 e. The lowest BCUT2D eigenvalue weighted by atomic mass is 9.95. The molecule has 0 spiro atoms. The molecule has 0 heterocycles. The normalized spacial score (nSPS) is 15.4. The summed E-state index contributed by atoms with van der Waals surface area (Å²) in [6.07, 6.45) is 0.841. The van der Waals surface area contributed by atoms with Crippen LogP contribution in [0.3, 0.4) is 0 Å². The van der Waals surface area contributed by atoms with E-state index in [4.69, 9.17) is 23.2 Å². The van der Waals surface area contributed by atoms with Gasteiger partial charge in [0.2, 0.25) is 21.8 Å². The second kappa shape index (κ2) is 13.4. The van der Waals surface area contributed by atoms with Crippen molar-refractivity contribution < 1.29 is 31.2 Å². The number of hydrogen-bond donors (Lipinski definition) is 1. The molecule has 1 aliphatic carbocycles. The Labute approximate surface area is 242 Å². The van der Waals surface area contributed by atoms with Crippen molar-refractivity contribution in [2.75, 3.05) is 17.1 Å². The van der Waals surface area contributed by atoms with Crippen LogP contribution in [0.4, 0.5) is 18.9 Å². The van der Waals surface area contributed by atoms with Crippen molar-refractivity contribution >= 4 is 50.7 Å². The highest BCUT2D eigenvalue weighted by Gasteiger charge is 2.36. The molecule has 0 radical (unpaired) electrons. The highest BCUT2D eigenvalue weighted by atomic mass is 35.5. The number of alkyl halides is 3. The van der Waals surface area contributed by atoms with Gasteiger partial charge in [-0.25, -0.2) is 8.42 Å². The number of anilines is 1. The van der Waals surface area contributed by atoms with Crippen LogP contribution in [0.2, 0.25) is 10.0 Å². The van der Waals surface area contributed by atoms with E-state index in [1.807, 2.05) is 0 Å². The number of carbonyl (C=O) groups is 2. The van der Waals surface area contributed by atoms with Gasteiger partial charge in [-0.3, -0.25) is 13.9 Å². The molecule has 0 bridgehead atoms. The largest absolute Gasteiger partial charge is 0.417 e. The molecule has 1 fully saturated rings. The molecular weight excluding hydrogens is 590 g/mol. The smallest absolute Gasteiger partial charge is 0.352 e. The van der Waals surface area contributed by atoms with Crippen molar-refractivity contribution in [1.29, 1.82) is 0 Å². The molecule has 13 heteroatoms. The first-order valence-electron chi connectivity index (χ1n) is 12.9. The van der Waals surface area contributed by atoms with Gasteiger partial charge in [0.1, 0.15) is 12.6 Å². The zero-order chi connectivity index (χ0) is 29.7. The predicted octanol–water partition coefficient (Wildman–Crippen LogP) is 6.03. The number of carbonyl (C=O) groups excluding carboxylic acids is 2. The van der Waals surface area contributed by atoms with Gasteiger partial charge in [0.15, 0.2) is 0 Å². The summed E-state index contributed by atoms with van der Waals surface area (Å²) in [7, 11) is -4.23. The summed E-state index contributed by atoms with van der Waals surface area (Å²) < 4.78 is 66.5. The van der Waals surface area contributed by atoms with Crippen LogP contribution in [0.25, 0.3) is 0 Å². The quantitative estimate of drug-likeness (QED) is 0.351. The Bertz CT molecular complexity index is 1320.